The van der Waals surface area contributed by atoms with Crippen LogP contribution in [0.4, 0.5) is 0 Å². The van der Waals surface area contributed by atoms with Crippen molar-refractivity contribution in [1.29, 1.82) is 0 Å². The third-order valence-corrected chi connectivity index (χ3v) is 13.2. The standard InChI is InChI=1S/C38H42O6S/c1-2-42-37(39)34-32(33(34)28-15-18-31(30(23-28)24-13-14-24)45(40,41)29-16-17-29)25-19-21-38(22-20-25)43-35(26-9-5-3-6-10-26)36(44-38)27-11-7-4-8-12-27/h3-12,15,18,23-25,29,32-36H,2,13-14,16-17,19-22H2,1H3/t32?,33?,34?,35-,36-/m0/s1. The highest BCUT2D eigenvalue weighted by molar-refractivity contribution is 7.92. The number of carbonyl (C=O) groups is 1. The number of benzene rings is 3. The molecule has 4 aliphatic carbocycles. The summed E-state index contributed by atoms with van der Waals surface area (Å²) in [6.07, 6.45) is 6.58. The van der Waals surface area contributed by atoms with E-state index in [1.807, 2.05) is 55.5 Å². The number of ether oxygens (including phenoxy) is 3. The van der Waals surface area contributed by atoms with Gasteiger partial charge in [0.2, 0.25) is 0 Å². The summed E-state index contributed by atoms with van der Waals surface area (Å²) in [5.74, 6) is -0.0910. The second-order valence-corrected chi connectivity index (χ2v) is 16.0. The highest BCUT2D eigenvalue weighted by Crippen LogP contribution is 2.63. The summed E-state index contributed by atoms with van der Waals surface area (Å²) in [6.45, 7) is 2.22. The fourth-order valence-electron chi connectivity index (χ4n) is 8.28. The summed E-state index contributed by atoms with van der Waals surface area (Å²) >= 11 is 0. The van der Waals surface area contributed by atoms with Gasteiger partial charge in [0.25, 0.3) is 0 Å². The summed E-state index contributed by atoms with van der Waals surface area (Å²) in [4.78, 5) is 13.8. The van der Waals surface area contributed by atoms with Crippen molar-refractivity contribution in [3.63, 3.8) is 0 Å². The van der Waals surface area contributed by atoms with Crippen molar-refractivity contribution in [2.45, 2.75) is 98.3 Å². The van der Waals surface area contributed by atoms with Crippen molar-refractivity contribution < 1.29 is 27.4 Å². The molecule has 1 spiro atoms. The zero-order valence-electron chi connectivity index (χ0n) is 25.8. The Bertz CT molecular complexity index is 1610. The minimum atomic E-state index is -3.28. The highest BCUT2D eigenvalue weighted by atomic mass is 32.2. The zero-order chi connectivity index (χ0) is 30.8. The smallest absolute Gasteiger partial charge is 0.309 e. The molecule has 3 aromatic rings. The van der Waals surface area contributed by atoms with E-state index in [1.165, 1.54) is 0 Å². The predicted molar refractivity (Wildman–Crippen MR) is 170 cm³/mol. The minimum absolute atomic E-state index is 0.0535. The molecule has 1 aliphatic heterocycles. The average molecular weight is 627 g/mol. The molecule has 236 valence electrons. The molecule has 4 saturated carbocycles. The first-order chi connectivity index (χ1) is 21.9. The van der Waals surface area contributed by atoms with Crippen molar-refractivity contribution in [3.05, 3.63) is 101 Å². The molecule has 8 rings (SSSR count). The first kappa shape index (κ1) is 29.4. The van der Waals surface area contributed by atoms with Crippen LogP contribution in [0.3, 0.4) is 0 Å². The van der Waals surface area contributed by atoms with Crippen molar-refractivity contribution in [2.24, 2.45) is 17.8 Å². The molecule has 6 nitrogen and oxygen atoms in total. The van der Waals surface area contributed by atoms with Crippen LogP contribution >= 0.6 is 0 Å². The first-order valence-corrected chi connectivity index (χ1v) is 18.4. The van der Waals surface area contributed by atoms with Crippen LogP contribution in [-0.2, 0) is 28.8 Å². The molecule has 3 aromatic carbocycles. The third-order valence-electron chi connectivity index (χ3n) is 10.9. The molecule has 5 atom stereocenters. The number of esters is 1. The summed E-state index contributed by atoms with van der Waals surface area (Å²) in [6, 6.07) is 26.7. The minimum Gasteiger partial charge on any atom is -0.466 e. The Kier molecular flexibility index (Phi) is 7.42. The summed E-state index contributed by atoms with van der Waals surface area (Å²) in [5, 5.41) is -0.223. The van der Waals surface area contributed by atoms with Crippen LogP contribution in [0.1, 0.15) is 105 Å². The zero-order valence-corrected chi connectivity index (χ0v) is 26.7. The second kappa shape index (κ2) is 11.4. The van der Waals surface area contributed by atoms with E-state index in [9.17, 15) is 13.2 Å². The summed E-state index contributed by atoms with van der Waals surface area (Å²) < 4.78 is 45.8. The van der Waals surface area contributed by atoms with Gasteiger partial charge in [-0.1, -0.05) is 72.8 Å². The Morgan fingerprint density at radius 1 is 0.800 bits per heavy atom. The lowest BCUT2D eigenvalue weighted by Gasteiger charge is -2.36. The van der Waals surface area contributed by atoms with E-state index in [1.54, 1.807) is 0 Å². The van der Waals surface area contributed by atoms with Gasteiger partial charge in [-0.25, -0.2) is 8.42 Å². The lowest BCUT2D eigenvalue weighted by molar-refractivity contribution is -0.201. The SMILES string of the molecule is CCOC(=O)C1C(c2ccc(S(=O)(=O)C3CC3)c(C3CC3)c2)C1C1CCC2(CC1)O[C@@H](c1ccccc1)[C@H](c1ccccc1)O2. The Labute approximate surface area is 266 Å². The normalized spacial score (nSPS) is 29.5. The van der Waals surface area contributed by atoms with E-state index in [4.69, 9.17) is 14.2 Å². The van der Waals surface area contributed by atoms with E-state index in [0.717, 1.165) is 73.6 Å². The lowest BCUT2D eigenvalue weighted by atomic mass is 9.80. The van der Waals surface area contributed by atoms with Gasteiger partial charge in [0, 0.05) is 18.8 Å². The number of hydrogen-bond acceptors (Lipinski definition) is 6. The predicted octanol–water partition coefficient (Wildman–Crippen LogP) is 7.81. The van der Waals surface area contributed by atoms with Crippen LogP contribution < -0.4 is 0 Å². The fraction of sp³-hybridized carbons (Fsp3) is 0.500. The number of rotatable bonds is 9. The van der Waals surface area contributed by atoms with Gasteiger partial charge in [-0.15, -0.1) is 0 Å². The van der Waals surface area contributed by atoms with Gasteiger partial charge < -0.3 is 14.2 Å². The van der Waals surface area contributed by atoms with Crippen molar-refractivity contribution in [3.8, 4) is 0 Å². The van der Waals surface area contributed by atoms with Gasteiger partial charge in [0.15, 0.2) is 15.6 Å². The van der Waals surface area contributed by atoms with Crippen LogP contribution in [0, 0.1) is 17.8 Å². The Morgan fingerprint density at radius 3 is 1.93 bits per heavy atom. The molecule has 0 N–H and O–H groups in total. The molecule has 1 heterocycles. The monoisotopic (exact) mass is 626 g/mol. The van der Waals surface area contributed by atoms with E-state index in [0.29, 0.717) is 23.3 Å². The van der Waals surface area contributed by atoms with E-state index < -0.39 is 15.6 Å². The molecule has 0 aromatic heterocycles. The molecule has 7 heteroatoms. The topological polar surface area (TPSA) is 78.9 Å². The van der Waals surface area contributed by atoms with Gasteiger partial charge in [-0.05, 0) is 91.5 Å². The molecule has 3 unspecified atom stereocenters. The second-order valence-electron chi connectivity index (χ2n) is 13.8. The molecule has 45 heavy (non-hydrogen) atoms. The van der Waals surface area contributed by atoms with E-state index >= 15 is 0 Å². The van der Waals surface area contributed by atoms with E-state index in [2.05, 4.69) is 30.3 Å². The van der Waals surface area contributed by atoms with Gasteiger partial charge in [-0.2, -0.15) is 0 Å². The molecule has 5 aliphatic rings. The molecule has 0 amide bonds. The number of sulfone groups is 1. The molecular formula is C38H42O6S. The Hall–Kier alpha value is -3.00. The molecular weight excluding hydrogens is 584 g/mol. The summed E-state index contributed by atoms with van der Waals surface area (Å²) in [5.41, 5.74) is 4.31. The maximum absolute atomic E-state index is 13.3. The Morgan fingerprint density at radius 2 is 1.40 bits per heavy atom. The van der Waals surface area contributed by atoms with Crippen LogP contribution in [0.2, 0.25) is 0 Å². The van der Waals surface area contributed by atoms with Crippen molar-refractivity contribution in [2.75, 3.05) is 6.61 Å². The molecule has 1 saturated heterocycles. The fourth-order valence-corrected chi connectivity index (χ4v) is 10.2. The summed E-state index contributed by atoms with van der Waals surface area (Å²) in [7, 11) is -3.28. The Balaban J connectivity index is 1.03. The quantitative estimate of drug-likeness (QED) is 0.226. The first-order valence-electron chi connectivity index (χ1n) is 16.9. The van der Waals surface area contributed by atoms with Gasteiger partial charge in [0.05, 0.1) is 22.7 Å². The molecule has 0 radical (unpaired) electrons. The average Bonchev–Trinajstić information content (AvgIpc) is 3.94. The lowest BCUT2D eigenvalue weighted by Crippen LogP contribution is -2.36. The highest BCUT2D eigenvalue weighted by Gasteiger charge is 2.61. The van der Waals surface area contributed by atoms with Gasteiger partial charge >= 0.3 is 5.97 Å². The van der Waals surface area contributed by atoms with Crippen LogP contribution in [0.5, 0.6) is 0 Å². The number of hydrogen-bond donors (Lipinski definition) is 0. The van der Waals surface area contributed by atoms with Crippen LogP contribution in [-0.4, -0.2) is 32.0 Å². The molecule has 0 bridgehead atoms. The van der Waals surface area contributed by atoms with Crippen LogP contribution in [0.15, 0.2) is 83.8 Å². The van der Waals surface area contributed by atoms with Crippen molar-refractivity contribution >= 4 is 15.8 Å². The largest absolute Gasteiger partial charge is 0.466 e. The van der Waals surface area contributed by atoms with Gasteiger partial charge in [-0.3, -0.25) is 4.79 Å². The van der Waals surface area contributed by atoms with E-state index in [-0.39, 0.29) is 41.2 Å². The maximum Gasteiger partial charge on any atom is 0.309 e. The third kappa shape index (κ3) is 5.45. The maximum atomic E-state index is 13.3. The number of carbonyl (C=O) groups excluding carboxylic acids is 1. The molecule has 5 fully saturated rings. The van der Waals surface area contributed by atoms with Crippen molar-refractivity contribution in [1.82, 2.24) is 0 Å². The van der Waals surface area contributed by atoms with Crippen LogP contribution in [0.25, 0.3) is 0 Å². The van der Waals surface area contributed by atoms with Gasteiger partial charge in [0.1, 0.15) is 12.2 Å².